The predicted molar refractivity (Wildman–Crippen MR) is 121 cm³/mol. The third kappa shape index (κ3) is 4.43. The summed E-state index contributed by atoms with van der Waals surface area (Å²) in [5.74, 6) is 3.38. The summed E-state index contributed by atoms with van der Waals surface area (Å²) < 4.78 is 49.1. The molecule has 4 saturated carbocycles. The maximum atomic E-state index is 12.6. The van der Waals surface area contributed by atoms with Gasteiger partial charge >= 0.3 is 10.4 Å². The number of ketones is 1. The predicted octanol–water partition coefficient (Wildman–Crippen LogP) is 5.79. The molecule has 0 aromatic carbocycles. The number of alkyl halides is 1. The summed E-state index contributed by atoms with van der Waals surface area (Å²) in [6, 6.07) is 0. The van der Waals surface area contributed by atoms with Crippen molar-refractivity contribution in [1.29, 1.82) is 0 Å². The van der Waals surface area contributed by atoms with Crippen LogP contribution in [0.15, 0.2) is 0 Å². The number of hydrogen-bond donors (Lipinski definition) is 1. The Balaban J connectivity index is 1.45. The summed E-state index contributed by atoms with van der Waals surface area (Å²) in [5.41, 5.74) is 0.536. The third-order valence-electron chi connectivity index (χ3n) is 10.7. The highest BCUT2D eigenvalue weighted by atomic mass is 32.3. The van der Waals surface area contributed by atoms with Crippen molar-refractivity contribution in [2.45, 2.75) is 97.5 Å². The highest BCUT2D eigenvalue weighted by Crippen LogP contribution is 2.68. The second-order valence-electron chi connectivity index (χ2n) is 12.0. The topological polar surface area (TPSA) is 80.7 Å². The number of carbonyl (C=O) groups excluding carboxylic acids is 1. The van der Waals surface area contributed by atoms with E-state index >= 15 is 0 Å². The number of Topliss-reactive ketones (excluding diaryl/α,β-unsaturated/α-hetero) is 1. The van der Waals surface area contributed by atoms with E-state index in [1.165, 1.54) is 32.1 Å². The fourth-order valence-electron chi connectivity index (χ4n) is 9.11. The molecule has 4 aliphatic carbocycles. The lowest BCUT2D eigenvalue weighted by Crippen LogP contribution is -2.54. The monoisotopic (exact) mass is 472 g/mol. The molecule has 5 nitrogen and oxygen atoms in total. The van der Waals surface area contributed by atoms with E-state index in [4.69, 9.17) is 8.74 Å². The fourth-order valence-corrected chi connectivity index (χ4v) is 9.63. The maximum Gasteiger partial charge on any atom is 0.397 e. The first-order valence-corrected chi connectivity index (χ1v) is 14.1. The molecule has 4 unspecified atom stereocenters. The first-order chi connectivity index (χ1) is 15.0. The van der Waals surface area contributed by atoms with Gasteiger partial charge in [0.25, 0.3) is 0 Å². The van der Waals surface area contributed by atoms with Crippen LogP contribution < -0.4 is 0 Å². The zero-order valence-corrected chi connectivity index (χ0v) is 20.7. The van der Waals surface area contributed by atoms with Crippen LogP contribution in [0.3, 0.4) is 0 Å². The van der Waals surface area contributed by atoms with Crippen molar-refractivity contribution in [3.8, 4) is 0 Å². The Labute approximate surface area is 193 Å². The van der Waals surface area contributed by atoms with E-state index in [0.29, 0.717) is 41.9 Å². The molecule has 0 radical (unpaired) electrons. The Morgan fingerprint density at radius 1 is 1.06 bits per heavy atom. The molecule has 1 N–H and O–H groups in total. The number of hydrogen-bond acceptors (Lipinski definition) is 4. The van der Waals surface area contributed by atoms with Crippen LogP contribution in [0.4, 0.5) is 4.39 Å². The third-order valence-corrected chi connectivity index (χ3v) is 11.2. The molecule has 0 saturated heterocycles. The van der Waals surface area contributed by atoms with Crippen molar-refractivity contribution >= 4 is 16.2 Å². The van der Waals surface area contributed by atoms with Gasteiger partial charge in [0.2, 0.25) is 0 Å². The lowest BCUT2D eigenvalue weighted by Gasteiger charge is -2.61. The number of fused-ring (bicyclic) bond motifs is 5. The molecule has 0 aliphatic heterocycles. The lowest BCUT2D eigenvalue weighted by atomic mass is 9.44. The number of halogens is 1. The molecule has 4 fully saturated rings. The minimum Gasteiger partial charge on any atom is -0.297 e. The number of carbonyl (C=O) groups is 1. The van der Waals surface area contributed by atoms with Gasteiger partial charge in [-0.15, -0.1) is 0 Å². The molecule has 4 aliphatic rings. The summed E-state index contributed by atoms with van der Waals surface area (Å²) >= 11 is 0. The molecule has 32 heavy (non-hydrogen) atoms. The van der Waals surface area contributed by atoms with E-state index in [-0.39, 0.29) is 11.2 Å². The van der Waals surface area contributed by atoms with Crippen LogP contribution in [0.1, 0.15) is 91.4 Å². The Bertz CT molecular complexity index is 815. The molecule has 0 bridgehead atoms. The summed E-state index contributed by atoms with van der Waals surface area (Å²) in [4.78, 5) is 11.5. The van der Waals surface area contributed by atoms with Crippen molar-refractivity contribution in [3.63, 3.8) is 0 Å². The van der Waals surface area contributed by atoms with Crippen LogP contribution >= 0.6 is 0 Å². The Morgan fingerprint density at radius 2 is 1.75 bits per heavy atom. The van der Waals surface area contributed by atoms with Gasteiger partial charge in [0, 0.05) is 6.42 Å². The normalized spacial score (nSPS) is 44.9. The molecular formula is C25H41FO5S. The molecular weight excluding hydrogens is 431 g/mol. The quantitative estimate of drug-likeness (QED) is 0.475. The van der Waals surface area contributed by atoms with Gasteiger partial charge in [-0.2, -0.15) is 8.42 Å². The molecule has 0 heterocycles. The van der Waals surface area contributed by atoms with Crippen molar-refractivity contribution in [2.24, 2.45) is 46.3 Å². The smallest absolute Gasteiger partial charge is 0.297 e. The first kappa shape index (κ1) is 24.6. The fraction of sp³-hybridized carbons (Fsp3) is 0.960. The second-order valence-corrected chi connectivity index (χ2v) is 13.0. The van der Waals surface area contributed by atoms with Gasteiger partial charge in [-0.05, 0) is 111 Å². The molecule has 0 aromatic heterocycles. The Morgan fingerprint density at radius 3 is 2.44 bits per heavy atom. The molecule has 7 heteroatoms. The average molecular weight is 473 g/mol. The van der Waals surface area contributed by atoms with Crippen LogP contribution in [0.2, 0.25) is 0 Å². The van der Waals surface area contributed by atoms with Gasteiger partial charge in [-0.1, -0.05) is 20.8 Å². The van der Waals surface area contributed by atoms with Crippen LogP contribution in [-0.2, 0) is 19.4 Å². The van der Waals surface area contributed by atoms with Crippen molar-refractivity contribution in [2.75, 3.05) is 6.67 Å². The van der Waals surface area contributed by atoms with E-state index in [0.717, 1.165) is 37.5 Å². The maximum absolute atomic E-state index is 12.6. The van der Waals surface area contributed by atoms with Gasteiger partial charge in [0.05, 0.1) is 6.10 Å². The average Bonchev–Trinajstić information content (AvgIpc) is 3.08. The van der Waals surface area contributed by atoms with E-state index in [9.17, 15) is 17.6 Å². The van der Waals surface area contributed by atoms with Crippen LogP contribution in [0, 0.1) is 46.3 Å². The minimum absolute atomic E-state index is 0.223. The van der Waals surface area contributed by atoms with Gasteiger partial charge in [0.15, 0.2) is 5.78 Å². The zero-order valence-electron chi connectivity index (χ0n) is 19.9. The van der Waals surface area contributed by atoms with Gasteiger partial charge in [0.1, 0.15) is 6.67 Å². The molecule has 9 atom stereocenters. The highest BCUT2D eigenvalue weighted by molar-refractivity contribution is 7.80. The van der Waals surface area contributed by atoms with E-state index in [1.807, 2.05) is 0 Å². The SMILES string of the molecule is C[C@H](CCC(=O)CF)[C@H]1CC[C@H]2C3CCC4C[C@H](OS(=O)(=O)O)CCC4(C)[C@H]3CCC12C. The molecule has 0 aromatic rings. The van der Waals surface area contributed by atoms with Crippen molar-refractivity contribution < 1.29 is 26.3 Å². The summed E-state index contributed by atoms with van der Waals surface area (Å²) in [5, 5.41) is 0. The van der Waals surface area contributed by atoms with E-state index < -0.39 is 23.2 Å². The largest absolute Gasteiger partial charge is 0.397 e. The molecule has 0 spiro atoms. The molecule has 184 valence electrons. The van der Waals surface area contributed by atoms with Crippen molar-refractivity contribution in [3.05, 3.63) is 0 Å². The Hall–Kier alpha value is -0.530. The summed E-state index contributed by atoms with van der Waals surface area (Å²) in [6.45, 7) is 6.35. The molecule has 4 rings (SSSR count). The minimum atomic E-state index is -4.39. The van der Waals surface area contributed by atoms with Gasteiger partial charge < -0.3 is 0 Å². The second kappa shape index (κ2) is 8.92. The van der Waals surface area contributed by atoms with Crippen LogP contribution in [-0.4, -0.2) is 31.5 Å². The van der Waals surface area contributed by atoms with E-state index in [2.05, 4.69) is 20.8 Å². The Kier molecular flexibility index (Phi) is 6.85. The molecule has 0 amide bonds. The van der Waals surface area contributed by atoms with Crippen LogP contribution in [0.25, 0.3) is 0 Å². The van der Waals surface area contributed by atoms with Gasteiger partial charge in [-0.3, -0.25) is 9.35 Å². The van der Waals surface area contributed by atoms with Crippen molar-refractivity contribution in [1.82, 2.24) is 0 Å². The lowest BCUT2D eigenvalue weighted by molar-refractivity contribution is -0.127. The zero-order chi connectivity index (χ0) is 23.3. The summed E-state index contributed by atoms with van der Waals surface area (Å²) in [7, 11) is -4.39. The van der Waals surface area contributed by atoms with Crippen LogP contribution in [0.5, 0.6) is 0 Å². The first-order valence-electron chi connectivity index (χ1n) is 12.7. The highest BCUT2D eigenvalue weighted by Gasteiger charge is 2.60. The number of rotatable bonds is 7. The van der Waals surface area contributed by atoms with Gasteiger partial charge in [-0.25, -0.2) is 8.57 Å². The standard InChI is InChI=1S/C25H41FO5S/c1-16(4-6-18(27)15-26)21-8-9-22-20-7-5-17-14-19(31-32(28,29)30)10-12-24(17,2)23(20)11-13-25(21,22)3/h16-17,19-23H,4-15H2,1-3H3,(H,28,29,30)/t16-,17?,19-,20?,21-,22+,23+,24?,25?/m1/s1. The van der Waals surface area contributed by atoms with E-state index in [1.54, 1.807) is 0 Å². The summed E-state index contributed by atoms with van der Waals surface area (Å²) in [6.07, 6.45) is 10.4.